The molecule has 28 heavy (non-hydrogen) atoms. The van der Waals surface area contributed by atoms with Gasteiger partial charge in [0.15, 0.2) is 17.6 Å². The number of benzene rings is 2. The molecular weight excluding hydrogens is 384 g/mol. The topological polar surface area (TPSA) is 94.2 Å². The van der Waals surface area contributed by atoms with Crippen LogP contribution in [-0.2, 0) is 21.4 Å². The largest absolute Gasteiger partial charge is 0.476 e. The average molecular weight is 404 g/mol. The number of carbonyl (C=O) groups excluding carboxylic acids is 1. The Kier molecular flexibility index (Phi) is 4.76. The number of ether oxygens (including phenoxy) is 3. The first-order chi connectivity index (χ1) is 13.5. The van der Waals surface area contributed by atoms with E-state index in [2.05, 4.69) is 5.32 Å². The monoisotopic (exact) mass is 404 g/mol. The van der Waals surface area contributed by atoms with Gasteiger partial charge in [0.1, 0.15) is 5.75 Å². The van der Waals surface area contributed by atoms with Gasteiger partial charge in [0.05, 0.1) is 18.0 Å². The van der Waals surface area contributed by atoms with Crippen molar-refractivity contribution in [3.05, 3.63) is 48.0 Å². The zero-order valence-corrected chi connectivity index (χ0v) is 16.1. The smallest absolute Gasteiger partial charge is 0.263 e. The van der Waals surface area contributed by atoms with Crippen molar-refractivity contribution in [3.63, 3.8) is 0 Å². The van der Waals surface area contributed by atoms with Crippen molar-refractivity contribution in [3.8, 4) is 17.2 Å². The molecule has 2 aromatic rings. The number of nitrogens with one attached hydrogen (secondary N) is 1. The van der Waals surface area contributed by atoms with Crippen LogP contribution in [0.3, 0.4) is 0 Å². The lowest BCUT2D eigenvalue weighted by Crippen LogP contribution is -2.50. The van der Waals surface area contributed by atoms with Gasteiger partial charge in [-0.1, -0.05) is 18.2 Å². The molecule has 0 saturated heterocycles. The van der Waals surface area contributed by atoms with Crippen LogP contribution in [-0.4, -0.2) is 39.5 Å². The summed E-state index contributed by atoms with van der Waals surface area (Å²) in [7, 11) is -3.53. The van der Waals surface area contributed by atoms with Crippen LogP contribution >= 0.6 is 0 Å². The summed E-state index contributed by atoms with van der Waals surface area (Å²) in [6.45, 7) is 1.95. The van der Waals surface area contributed by atoms with E-state index >= 15 is 0 Å². The highest BCUT2D eigenvalue weighted by molar-refractivity contribution is 7.92. The molecule has 2 aliphatic rings. The zero-order valence-electron chi connectivity index (χ0n) is 15.3. The van der Waals surface area contributed by atoms with Crippen molar-refractivity contribution in [2.75, 3.05) is 23.4 Å². The van der Waals surface area contributed by atoms with Crippen molar-refractivity contribution in [1.29, 1.82) is 0 Å². The van der Waals surface area contributed by atoms with Gasteiger partial charge in [0, 0.05) is 6.54 Å². The number of fused-ring (bicyclic) bond motifs is 2. The van der Waals surface area contributed by atoms with E-state index in [0.717, 1.165) is 5.56 Å². The Balaban J connectivity index is 1.49. The second-order valence-corrected chi connectivity index (χ2v) is 8.59. The van der Waals surface area contributed by atoms with Crippen LogP contribution in [0, 0.1) is 0 Å². The molecule has 1 atom stereocenters. The van der Waals surface area contributed by atoms with E-state index in [1.54, 1.807) is 43.3 Å². The lowest BCUT2D eigenvalue weighted by Gasteiger charge is -2.34. The Hall–Kier alpha value is -2.94. The summed E-state index contributed by atoms with van der Waals surface area (Å²) in [6.07, 6.45) is -0.940. The number of hydrogen-bond acceptors (Lipinski definition) is 6. The van der Waals surface area contributed by atoms with Gasteiger partial charge in [0.25, 0.3) is 5.91 Å². The third kappa shape index (κ3) is 3.45. The minimum Gasteiger partial charge on any atom is -0.476 e. The molecule has 8 nitrogen and oxygen atoms in total. The second-order valence-electron chi connectivity index (χ2n) is 6.41. The van der Waals surface area contributed by atoms with E-state index in [1.165, 1.54) is 4.31 Å². The summed E-state index contributed by atoms with van der Waals surface area (Å²) in [6, 6.07) is 12.2. The summed E-state index contributed by atoms with van der Waals surface area (Å²) in [5.74, 6) is 1.22. The summed E-state index contributed by atoms with van der Waals surface area (Å²) in [5, 5.41) is 2.80. The molecule has 1 N–H and O–H groups in total. The maximum Gasteiger partial charge on any atom is 0.263 e. The van der Waals surface area contributed by atoms with Crippen molar-refractivity contribution in [1.82, 2.24) is 5.32 Å². The van der Waals surface area contributed by atoms with Crippen molar-refractivity contribution in [2.24, 2.45) is 0 Å². The van der Waals surface area contributed by atoms with E-state index in [9.17, 15) is 13.2 Å². The van der Waals surface area contributed by atoms with Crippen molar-refractivity contribution < 1.29 is 27.4 Å². The molecular formula is C19H20N2O6S. The van der Waals surface area contributed by atoms with Gasteiger partial charge in [-0.05, 0) is 36.8 Å². The molecule has 0 fully saturated rings. The molecule has 0 radical (unpaired) electrons. The Morgan fingerprint density at radius 2 is 1.93 bits per heavy atom. The van der Waals surface area contributed by atoms with E-state index in [1.807, 2.05) is 6.07 Å². The first-order valence-electron chi connectivity index (χ1n) is 8.90. The number of rotatable bonds is 5. The normalized spacial score (nSPS) is 17.6. The van der Waals surface area contributed by atoms with Gasteiger partial charge >= 0.3 is 0 Å². The molecule has 0 spiro atoms. The number of para-hydroxylation sites is 2. The molecule has 2 aliphatic heterocycles. The van der Waals surface area contributed by atoms with E-state index in [0.29, 0.717) is 22.9 Å². The molecule has 2 heterocycles. The Morgan fingerprint density at radius 3 is 2.75 bits per heavy atom. The molecule has 2 aromatic carbocycles. The Bertz CT molecular complexity index is 1010. The SMILES string of the molecule is CCS(=O)(=O)N1C[C@@H](C(=O)NCc2ccc3c(c2)OCO3)Oc2ccccc21. The molecule has 1 amide bonds. The van der Waals surface area contributed by atoms with Crippen LogP contribution in [0.2, 0.25) is 0 Å². The molecule has 0 bridgehead atoms. The summed E-state index contributed by atoms with van der Waals surface area (Å²) in [5.41, 5.74) is 1.29. The van der Waals surface area contributed by atoms with Crippen LogP contribution in [0.4, 0.5) is 5.69 Å². The first kappa shape index (κ1) is 18.4. The van der Waals surface area contributed by atoms with Gasteiger partial charge in [-0.3, -0.25) is 9.10 Å². The lowest BCUT2D eigenvalue weighted by atomic mass is 10.2. The number of amides is 1. The highest BCUT2D eigenvalue weighted by Gasteiger charge is 2.35. The number of carbonyl (C=O) groups is 1. The number of sulfonamides is 1. The fourth-order valence-electron chi connectivity index (χ4n) is 3.11. The molecule has 4 rings (SSSR count). The van der Waals surface area contributed by atoms with E-state index in [-0.39, 0.29) is 31.5 Å². The highest BCUT2D eigenvalue weighted by Crippen LogP contribution is 2.35. The van der Waals surface area contributed by atoms with Gasteiger partial charge < -0.3 is 19.5 Å². The van der Waals surface area contributed by atoms with Crippen molar-refractivity contribution in [2.45, 2.75) is 19.6 Å². The van der Waals surface area contributed by atoms with Gasteiger partial charge in [-0.15, -0.1) is 0 Å². The minimum absolute atomic E-state index is 0.0626. The Labute approximate surface area is 163 Å². The van der Waals surface area contributed by atoms with Crippen LogP contribution in [0.1, 0.15) is 12.5 Å². The fourth-order valence-corrected chi connectivity index (χ4v) is 4.24. The van der Waals surface area contributed by atoms with Gasteiger partial charge in [-0.25, -0.2) is 8.42 Å². The van der Waals surface area contributed by atoms with Gasteiger partial charge in [-0.2, -0.15) is 0 Å². The standard InChI is InChI=1S/C19H20N2O6S/c1-2-28(23,24)21-11-18(27-15-6-4-3-5-14(15)21)19(22)20-10-13-7-8-16-17(9-13)26-12-25-16/h3-9,18H,2,10-12H2,1H3,(H,20,22)/t18-/m0/s1. The predicted octanol–water partition coefficient (Wildman–Crippen LogP) is 1.65. The van der Waals surface area contributed by atoms with Crippen LogP contribution < -0.4 is 23.8 Å². The third-order valence-corrected chi connectivity index (χ3v) is 6.38. The quantitative estimate of drug-likeness (QED) is 0.814. The highest BCUT2D eigenvalue weighted by atomic mass is 32.2. The number of hydrogen-bond donors (Lipinski definition) is 1. The van der Waals surface area contributed by atoms with Crippen LogP contribution in [0.5, 0.6) is 17.2 Å². The molecule has 148 valence electrons. The summed E-state index contributed by atoms with van der Waals surface area (Å²) in [4.78, 5) is 12.7. The number of anilines is 1. The van der Waals surface area contributed by atoms with Gasteiger partial charge in [0.2, 0.25) is 16.8 Å². The van der Waals surface area contributed by atoms with E-state index in [4.69, 9.17) is 14.2 Å². The maximum absolute atomic E-state index is 12.7. The van der Waals surface area contributed by atoms with Crippen LogP contribution in [0.15, 0.2) is 42.5 Å². The average Bonchev–Trinajstić information content (AvgIpc) is 3.19. The summed E-state index contributed by atoms with van der Waals surface area (Å²) < 4.78 is 42.6. The lowest BCUT2D eigenvalue weighted by molar-refractivity contribution is -0.127. The molecule has 0 aliphatic carbocycles. The fraction of sp³-hybridized carbons (Fsp3) is 0.316. The number of nitrogens with zero attached hydrogens (tertiary/aromatic N) is 1. The first-order valence-corrected chi connectivity index (χ1v) is 10.5. The molecule has 9 heteroatoms. The minimum atomic E-state index is -3.53. The second kappa shape index (κ2) is 7.23. The predicted molar refractivity (Wildman–Crippen MR) is 102 cm³/mol. The maximum atomic E-state index is 12.7. The van der Waals surface area contributed by atoms with Crippen molar-refractivity contribution >= 4 is 21.6 Å². The molecule has 0 aromatic heterocycles. The zero-order chi connectivity index (χ0) is 19.7. The Morgan fingerprint density at radius 1 is 1.14 bits per heavy atom. The van der Waals surface area contributed by atoms with E-state index < -0.39 is 16.1 Å². The third-order valence-electron chi connectivity index (χ3n) is 4.63. The summed E-state index contributed by atoms with van der Waals surface area (Å²) >= 11 is 0. The molecule has 0 saturated carbocycles. The molecule has 0 unspecified atom stereocenters. The van der Waals surface area contributed by atoms with Crippen LogP contribution in [0.25, 0.3) is 0 Å².